The number of carbonyl (C=O) groups excluding carboxylic acids is 1. The number of aryl methyl sites for hydroxylation is 1. The molecule has 0 aliphatic rings. The largest absolute Gasteiger partial charge is 0.497 e. The number of hydrogen-bond donors (Lipinski definition) is 2. The molecule has 0 saturated carbocycles. The fourth-order valence-electron chi connectivity index (χ4n) is 2.57. The summed E-state index contributed by atoms with van der Waals surface area (Å²) in [6.45, 7) is 3.75. The highest BCUT2D eigenvalue weighted by Gasteiger charge is 2.16. The lowest BCUT2D eigenvalue weighted by Crippen LogP contribution is -2.29. The first kappa shape index (κ1) is 18.8. The number of benzene rings is 1. The van der Waals surface area contributed by atoms with Gasteiger partial charge in [-0.25, -0.2) is 9.97 Å². The van der Waals surface area contributed by atoms with E-state index in [-0.39, 0.29) is 17.3 Å². The van der Waals surface area contributed by atoms with E-state index in [2.05, 4.69) is 20.3 Å². The van der Waals surface area contributed by atoms with Crippen molar-refractivity contribution >= 4 is 17.2 Å². The van der Waals surface area contributed by atoms with E-state index in [1.54, 1.807) is 7.11 Å². The van der Waals surface area contributed by atoms with Crippen LogP contribution >= 0.6 is 11.3 Å². The van der Waals surface area contributed by atoms with Crippen molar-refractivity contribution in [2.75, 3.05) is 7.11 Å². The molecule has 27 heavy (non-hydrogen) atoms. The summed E-state index contributed by atoms with van der Waals surface area (Å²) in [6.07, 6.45) is 0.404. The Hall–Kier alpha value is -3.00. The Morgan fingerprint density at radius 1 is 1.30 bits per heavy atom. The lowest BCUT2D eigenvalue weighted by molar-refractivity contribution is 0.0933. The second kappa shape index (κ2) is 8.13. The van der Waals surface area contributed by atoms with Gasteiger partial charge in [0.2, 0.25) is 0 Å². The number of rotatable bonds is 6. The van der Waals surface area contributed by atoms with Gasteiger partial charge in [-0.05, 0) is 31.5 Å². The molecule has 1 atom stereocenters. The Morgan fingerprint density at radius 2 is 2.04 bits per heavy atom. The van der Waals surface area contributed by atoms with Crippen molar-refractivity contribution in [1.82, 2.24) is 20.3 Å². The highest BCUT2D eigenvalue weighted by molar-refractivity contribution is 7.09. The maximum atomic E-state index is 12.5. The zero-order valence-electron chi connectivity index (χ0n) is 15.3. The molecule has 1 aromatic carbocycles. The topological polar surface area (TPSA) is 97.0 Å². The van der Waals surface area contributed by atoms with Gasteiger partial charge in [0.15, 0.2) is 0 Å². The molecule has 3 rings (SSSR count). The lowest BCUT2D eigenvalue weighted by atomic mass is 10.1. The van der Waals surface area contributed by atoms with Crippen LogP contribution in [0.5, 0.6) is 5.75 Å². The molecule has 0 aliphatic heterocycles. The lowest BCUT2D eigenvalue weighted by Gasteiger charge is -2.11. The van der Waals surface area contributed by atoms with E-state index in [0.717, 1.165) is 22.0 Å². The number of ether oxygens (including phenoxy) is 1. The monoisotopic (exact) mass is 384 g/mol. The van der Waals surface area contributed by atoms with Gasteiger partial charge in [-0.1, -0.05) is 12.1 Å². The van der Waals surface area contributed by atoms with Crippen LogP contribution in [0.3, 0.4) is 0 Å². The Labute approximate surface area is 160 Å². The number of carbonyl (C=O) groups is 1. The number of H-pyrrole nitrogens is 1. The molecule has 0 fully saturated rings. The maximum absolute atomic E-state index is 12.5. The predicted molar refractivity (Wildman–Crippen MR) is 103 cm³/mol. The smallest absolute Gasteiger partial charge is 0.270 e. The Morgan fingerprint density at radius 3 is 2.67 bits per heavy atom. The molecule has 2 aromatic heterocycles. The Balaban J connectivity index is 1.75. The molecule has 1 unspecified atom stereocenters. The first-order valence-electron chi connectivity index (χ1n) is 8.40. The van der Waals surface area contributed by atoms with E-state index < -0.39 is 5.91 Å². The molecule has 7 nitrogen and oxygen atoms in total. The average molecular weight is 384 g/mol. The zero-order valence-corrected chi connectivity index (χ0v) is 16.1. The van der Waals surface area contributed by atoms with Crippen LogP contribution in [-0.4, -0.2) is 28.0 Å². The number of nitrogens with one attached hydrogen (secondary N) is 2. The standard InChI is InChI=1S/C19H20N4O3S/c1-11(16-10-27-12(2)21-16)20-19(25)15-9-18(24)23-17(22-15)8-13-4-6-14(26-3)7-5-13/h4-7,9-11H,8H2,1-3H3,(H,20,25)(H,22,23,24). The fourth-order valence-corrected chi connectivity index (χ4v) is 3.27. The number of methoxy groups -OCH3 is 1. The predicted octanol–water partition coefficient (Wildman–Crippen LogP) is 2.63. The Bertz CT molecular complexity index is 995. The van der Waals surface area contributed by atoms with Gasteiger partial charge in [0.05, 0.1) is 23.9 Å². The van der Waals surface area contributed by atoms with Crippen LogP contribution in [0, 0.1) is 6.92 Å². The van der Waals surface area contributed by atoms with E-state index in [0.29, 0.717) is 12.2 Å². The number of aromatic amines is 1. The molecule has 0 saturated heterocycles. The van der Waals surface area contributed by atoms with Gasteiger partial charge in [-0.2, -0.15) is 0 Å². The van der Waals surface area contributed by atoms with Gasteiger partial charge in [0.1, 0.15) is 17.3 Å². The van der Waals surface area contributed by atoms with Gasteiger partial charge >= 0.3 is 0 Å². The van der Waals surface area contributed by atoms with Crippen LogP contribution in [0.2, 0.25) is 0 Å². The zero-order chi connectivity index (χ0) is 19.4. The first-order chi connectivity index (χ1) is 12.9. The third kappa shape index (κ3) is 4.79. The summed E-state index contributed by atoms with van der Waals surface area (Å²) in [7, 11) is 1.60. The van der Waals surface area contributed by atoms with E-state index >= 15 is 0 Å². The minimum Gasteiger partial charge on any atom is -0.497 e. The van der Waals surface area contributed by atoms with Gasteiger partial charge in [-0.15, -0.1) is 11.3 Å². The molecule has 3 aromatic rings. The number of amides is 1. The van der Waals surface area contributed by atoms with Crippen molar-refractivity contribution in [3.8, 4) is 5.75 Å². The maximum Gasteiger partial charge on any atom is 0.270 e. The molecule has 0 radical (unpaired) electrons. The quantitative estimate of drug-likeness (QED) is 0.681. The van der Waals surface area contributed by atoms with Crippen molar-refractivity contribution < 1.29 is 9.53 Å². The van der Waals surface area contributed by atoms with Crippen molar-refractivity contribution in [2.45, 2.75) is 26.3 Å². The van der Waals surface area contributed by atoms with Gasteiger partial charge in [0, 0.05) is 17.9 Å². The molecule has 1 amide bonds. The van der Waals surface area contributed by atoms with Crippen LogP contribution in [-0.2, 0) is 6.42 Å². The summed E-state index contributed by atoms with van der Waals surface area (Å²) in [6, 6.07) is 8.37. The average Bonchev–Trinajstić information content (AvgIpc) is 3.08. The van der Waals surface area contributed by atoms with Crippen LogP contribution in [0.15, 0.2) is 40.5 Å². The summed E-state index contributed by atoms with van der Waals surface area (Å²) in [5.41, 5.74) is 1.45. The van der Waals surface area contributed by atoms with Gasteiger partial charge in [0.25, 0.3) is 11.5 Å². The van der Waals surface area contributed by atoms with Gasteiger partial charge < -0.3 is 15.0 Å². The van der Waals surface area contributed by atoms with Gasteiger partial charge in [-0.3, -0.25) is 9.59 Å². The van der Waals surface area contributed by atoms with Crippen molar-refractivity contribution in [3.63, 3.8) is 0 Å². The SMILES string of the molecule is COc1ccc(Cc2nc(C(=O)NC(C)c3csc(C)n3)cc(=O)[nH]2)cc1. The van der Waals surface area contributed by atoms with Crippen molar-refractivity contribution in [1.29, 1.82) is 0 Å². The van der Waals surface area contributed by atoms with Crippen LogP contribution in [0.25, 0.3) is 0 Å². The fraction of sp³-hybridized carbons (Fsp3) is 0.263. The summed E-state index contributed by atoms with van der Waals surface area (Å²) in [5.74, 6) is 0.768. The second-order valence-corrected chi connectivity index (χ2v) is 7.15. The van der Waals surface area contributed by atoms with E-state index in [4.69, 9.17) is 4.74 Å². The summed E-state index contributed by atoms with van der Waals surface area (Å²) >= 11 is 1.52. The Kier molecular flexibility index (Phi) is 5.66. The van der Waals surface area contributed by atoms with Crippen LogP contribution in [0.4, 0.5) is 0 Å². The third-order valence-corrected chi connectivity index (χ3v) is 4.77. The minimum absolute atomic E-state index is 0.0843. The van der Waals surface area contributed by atoms with Crippen molar-refractivity contribution in [3.05, 3.63) is 73.8 Å². The van der Waals surface area contributed by atoms with E-state index in [1.165, 1.54) is 17.4 Å². The summed E-state index contributed by atoms with van der Waals surface area (Å²) < 4.78 is 5.13. The first-order valence-corrected chi connectivity index (χ1v) is 9.28. The molecule has 0 aliphatic carbocycles. The van der Waals surface area contributed by atoms with E-state index in [9.17, 15) is 9.59 Å². The number of nitrogens with zero attached hydrogens (tertiary/aromatic N) is 2. The highest BCUT2D eigenvalue weighted by Crippen LogP contribution is 2.16. The molecular weight excluding hydrogens is 364 g/mol. The van der Waals surface area contributed by atoms with Crippen molar-refractivity contribution in [2.24, 2.45) is 0 Å². The summed E-state index contributed by atoms with van der Waals surface area (Å²) in [5, 5.41) is 5.67. The second-order valence-electron chi connectivity index (χ2n) is 6.09. The minimum atomic E-state index is -0.407. The highest BCUT2D eigenvalue weighted by atomic mass is 32.1. The van der Waals surface area contributed by atoms with E-state index in [1.807, 2.05) is 43.5 Å². The van der Waals surface area contributed by atoms with Crippen LogP contribution in [0.1, 0.15) is 45.5 Å². The molecule has 8 heteroatoms. The number of hydrogen-bond acceptors (Lipinski definition) is 6. The molecule has 0 bridgehead atoms. The molecule has 2 heterocycles. The normalized spacial score (nSPS) is 11.8. The number of thiazole rings is 1. The third-order valence-electron chi connectivity index (χ3n) is 3.98. The molecule has 140 valence electrons. The molecule has 2 N–H and O–H groups in total. The number of aromatic nitrogens is 3. The molecule has 0 spiro atoms. The molecular formula is C19H20N4O3S. The summed E-state index contributed by atoms with van der Waals surface area (Å²) in [4.78, 5) is 35.8. The van der Waals surface area contributed by atoms with Crippen LogP contribution < -0.4 is 15.6 Å².